The SMILES string of the molecule is CCCCCCOc1ccc(/C=C2\SC(=S)N(CCCCCC(=O)OCC)C2=O)cc1OC. The van der Waals surface area contributed by atoms with Crippen molar-refractivity contribution in [3.05, 3.63) is 28.7 Å². The molecule has 2 rings (SSSR count). The Hall–Kier alpha value is -2.06. The summed E-state index contributed by atoms with van der Waals surface area (Å²) in [4.78, 5) is 26.5. The average Bonchev–Trinajstić information content (AvgIpc) is 3.06. The minimum atomic E-state index is -0.172. The highest BCUT2D eigenvalue weighted by Gasteiger charge is 2.31. The fourth-order valence-electron chi connectivity index (χ4n) is 3.40. The zero-order valence-corrected chi connectivity index (χ0v) is 21.5. The van der Waals surface area contributed by atoms with E-state index in [-0.39, 0.29) is 11.9 Å². The van der Waals surface area contributed by atoms with Crippen LogP contribution in [-0.2, 0) is 14.3 Å². The second kappa shape index (κ2) is 15.0. The van der Waals surface area contributed by atoms with Gasteiger partial charge in [-0.3, -0.25) is 14.5 Å². The molecule has 0 atom stereocenters. The Morgan fingerprint density at radius 1 is 1.09 bits per heavy atom. The van der Waals surface area contributed by atoms with Gasteiger partial charge in [0.15, 0.2) is 11.5 Å². The molecule has 1 aromatic carbocycles. The van der Waals surface area contributed by atoms with Crippen LogP contribution in [0.4, 0.5) is 0 Å². The summed E-state index contributed by atoms with van der Waals surface area (Å²) in [6.45, 7) is 5.61. The Kier molecular flexibility index (Phi) is 12.3. The van der Waals surface area contributed by atoms with E-state index in [1.165, 1.54) is 24.6 Å². The number of carbonyl (C=O) groups is 2. The largest absolute Gasteiger partial charge is 0.493 e. The number of benzene rings is 1. The van der Waals surface area contributed by atoms with Crippen molar-refractivity contribution < 1.29 is 23.8 Å². The zero-order valence-electron chi connectivity index (χ0n) is 19.9. The maximum atomic E-state index is 12.8. The molecule has 0 unspecified atom stereocenters. The minimum Gasteiger partial charge on any atom is -0.493 e. The Balaban J connectivity index is 1.90. The number of rotatable bonds is 15. The molecule has 0 saturated carbocycles. The van der Waals surface area contributed by atoms with Gasteiger partial charge in [-0.1, -0.05) is 62.7 Å². The van der Waals surface area contributed by atoms with Crippen LogP contribution in [0.5, 0.6) is 11.5 Å². The van der Waals surface area contributed by atoms with Crippen LogP contribution < -0.4 is 9.47 Å². The number of hydrogen-bond acceptors (Lipinski definition) is 7. The highest BCUT2D eigenvalue weighted by molar-refractivity contribution is 8.26. The number of amides is 1. The fraction of sp³-hybridized carbons (Fsp3) is 0.560. The van der Waals surface area contributed by atoms with E-state index in [0.29, 0.717) is 46.9 Å². The Morgan fingerprint density at radius 3 is 2.61 bits per heavy atom. The van der Waals surface area contributed by atoms with Crippen molar-refractivity contribution in [2.45, 2.75) is 65.2 Å². The van der Waals surface area contributed by atoms with Crippen LogP contribution in [0.15, 0.2) is 23.1 Å². The van der Waals surface area contributed by atoms with Crippen molar-refractivity contribution in [1.82, 2.24) is 4.90 Å². The molecular weight excluding hydrogens is 458 g/mol. The third kappa shape index (κ3) is 9.01. The molecule has 1 saturated heterocycles. The maximum absolute atomic E-state index is 12.8. The average molecular weight is 494 g/mol. The first-order valence-corrected chi connectivity index (χ1v) is 12.9. The van der Waals surface area contributed by atoms with E-state index in [9.17, 15) is 9.59 Å². The number of nitrogens with zero attached hydrogens (tertiary/aromatic N) is 1. The molecule has 8 heteroatoms. The summed E-state index contributed by atoms with van der Waals surface area (Å²) in [5, 5.41) is 0. The number of thioether (sulfide) groups is 1. The standard InChI is InChI=1S/C25H35NO5S2/c1-4-6-7-11-16-31-20-14-13-19(17-21(20)29-3)18-22-24(28)26(25(32)33-22)15-10-8-9-12-23(27)30-5-2/h13-14,17-18H,4-12,15-16H2,1-3H3/b22-18-. The van der Waals surface area contributed by atoms with E-state index in [4.69, 9.17) is 26.4 Å². The number of methoxy groups -OCH3 is 1. The van der Waals surface area contributed by atoms with Gasteiger partial charge < -0.3 is 14.2 Å². The van der Waals surface area contributed by atoms with Crippen LogP contribution in [0.3, 0.4) is 0 Å². The lowest BCUT2D eigenvalue weighted by atomic mass is 10.1. The van der Waals surface area contributed by atoms with E-state index in [2.05, 4.69) is 6.92 Å². The van der Waals surface area contributed by atoms with Gasteiger partial charge in [0.2, 0.25) is 0 Å². The first kappa shape index (κ1) is 27.2. The molecule has 0 radical (unpaired) electrons. The second-order valence-electron chi connectivity index (χ2n) is 7.77. The van der Waals surface area contributed by atoms with Crippen LogP contribution in [0.2, 0.25) is 0 Å². The summed E-state index contributed by atoms with van der Waals surface area (Å²) in [7, 11) is 1.62. The number of ether oxygens (including phenoxy) is 3. The van der Waals surface area contributed by atoms with Crippen LogP contribution in [0, 0.1) is 0 Å². The number of hydrogen-bond donors (Lipinski definition) is 0. The first-order valence-electron chi connectivity index (χ1n) is 11.7. The summed E-state index contributed by atoms with van der Waals surface area (Å²) >= 11 is 6.73. The topological polar surface area (TPSA) is 65.1 Å². The van der Waals surface area contributed by atoms with Gasteiger partial charge in [-0.2, -0.15) is 0 Å². The minimum absolute atomic E-state index is 0.0781. The highest BCUT2D eigenvalue weighted by Crippen LogP contribution is 2.35. The number of thiocarbonyl (C=S) groups is 1. The summed E-state index contributed by atoms with van der Waals surface area (Å²) in [6.07, 6.45) is 9.21. The van der Waals surface area contributed by atoms with Gasteiger partial charge >= 0.3 is 5.97 Å². The molecule has 0 N–H and O–H groups in total. The molecule has 1 fully saturated rings. The first-order chi connectivity index (χ1) is 16.0. The molecule has 6 nitrogen and oxygen atoms in total. The van der Waals surface area contributed by atoms with Crippen molar-refractivity contribution in [2.24, 2.45) is 0 Å². The molecule has 0 aromatic heterocycles. The summed E-state index contributed by atoms with van der Waals surface area (Å²) in [6, 6.07) is 5.68. The van der Waals surface area contributed by atoms with Gasteiger partial charge in [-0.05, 0) is 50.0 Å². The summed E-state index contributed by atoms with van der Waals surface area (Å²) in [5.41, 5.74) is 0.861. The van der Waals surface area contributed by atoms with Crippen molar-refractivity contribution >= 4 is 46.3 Å². The molecule has 1 aromatic rings. The molecule has 182 valence electrons. The molecule has 0 bridgehead atoms. The predicted octanol–water partition coefficient (Wildman–Crippen LogP) is 5.98. The fourth-order valence-corrected chi connectivity index (χ4v) is 4.71. The molecular formula is C25H35NO5S2. The van der Waals surface area contributed by atoms with Crippen LogP contribution in [0.25, 0.3) is 6.08 Å². The Labute approximate surface area is 207 Å². The molecule has 0 spiro atoms. The van der Waals surface area contributed by atoms with E-state index in [1.54, 1.807) is 18.9 Å². The monoisotopic (exact) mass is 493 g/mol. The van der Waals surface area contributed by atoms with E-state index < -0.39 is 0 Å². The number of carbonyl (C=O) groups excluding carboxylic acids is 2. The van der Waals surface area contributed by atoms with Gasteiger partial charge in [-0.15, -0.1) is 0 Å². The molecule has 1 heterocycles. The third-order valence-corrected chi connectivity index (χ3v) is 6.56. The summed E-state index contributed by atoms with van der Waals surface area (Å²) < 4.78 is 16.9. The van der Waals surface area contributed by atoms with E-state index in [1.807, 2.05) is 24.3 Å². The zero-order chi connectivity index (χ0) is 24.1. The van der Waals surface area contributed by atoms with Crippen molar-refractivity contribution in [3.63, 3.8) is 0 Å². The van der Waals surface area contributed by atoms with Gasteiger partial charge in [0.1, 0.15) is 4.32 Å². The lowest BCUT2D eigenvalue weighted by molar-refractivity contribution is -0.143. The molecule has 0 aliphatic carbocycles. The predicted molar refractivity (Wildman–Crippen MR) is 138 cm³/mol. The lowest BCUT2D eigenvalue weighted by Gasteiger charge is -2.14. The van der Waals surface area contributed by atoms with Gasteiger partial charge in [-0.25, -0.2) is 0 Å². The van der Waals surface area contributed by atoms with Crippen molar-refractivity contribution in [1.29, 1.82) is 0 Å². The van der Waals surface area contributed by atoms with Gasteiger partial charge in [0.25, 0.3) is 5.91 Å². The smallest absolute Gasteiger partial charge is 0.305 e. The lowest BCUT2D eigenvalue weighted by Crippen LogP contribution is -2.29. The normalized spacial score (nSPS) is 14.8. The maximum Gasteiger partial charge on any atom is 0.305 e. The van der Waals surface area contributed by atoms with E-state index >= 15 is 0 Å². The van der Waals surface area contributed by atoms with Crippen LogP contribution >= 0.6 is 24.0 Å². The van der Waals surface area contributed by atoms with Crippen molar-refractivity contribution in [2.75, 3.05) is 26.9 Å². The molecule has 1 aliphatic heterocycles. The van der Waals surface area contributed by atoms with Gasteiger partial charge in [0, 0.05) is 13.0 Å². The number of unbranched alkanes of at least 4 members (excludes halogenated alkanes) is 5. The highest BCUT2D eigenvalue weighted by atomic mass is 32.2. The Morgan fingerprint density at radius 2 is 1.88 bits per heavy atom. The van der Waals surface area contributed by atoms with Crippen molar-refractivity contribution in [3.8, 4) is 11.5 Å². The van der Waals surface area contributed by atoms with Crippen LogP contribution in [0.1, 0.15) is 70.8 Å². The summed E-state index contributed by atoms with van der Waals surface area (Å²) in [5.74, 6) is 1.11. The molecule has 1 aliphatic rings. The molecule has 33 heavy (non-hydrogen) atoms. The molecule has 1 amide bonds. The quantitative estimate of drug-likeness (QED) is 0.129. The second-order valence-corrected chi connectivity index (χ2v) is 9.44. The van der Waals surface area contributed by atoms with Gasteiger partial charge in [0.05, 0.1) is 25.2 Å². The van der Waals surface area contributed by atoms with E-state index in [0.717, 1.165) is 37.7 Å². The third-order valence-electron chi connectivity index (χ3n) is 5.18. The van der Waals surface area contributed by atoms with Crippen LogP contribution in [-0.4, -0.2) is 48.0 Å². The Bertz CT molecular complexity index is 840. The number of esters is 1.